The summed E-state index contributed by atoms with van der Waals surface area (Å²) in [7, 11) is 0. The van der Waals surface area contributed by atoms with E-state index in [1.165, 1.54) is 22.8 Å². The number of aromatic nitrogens is 2. The molecule has 0 spiro atoms. The molecule has 3 rings (SSSR count). The van der Waals surface area contributed by atoms with E-state index in [9.17, 15) is 13.2 Å². The van der Waals surface area contributed by atoms with Crippen LogP contribution in [-0.2, 0) is 5.88 Å². The van der Waals surface area contributed by atoms with Gasteiger partial charge in [0.25, 0.3) is 0 Å². The highest BCUT2D eigenvalue weighted by molar-refractivity contribution is 9.10. The summed E-state index contributed by atoms with van der Waals surface area (Å²) in [5.74, 6) is -1.63. The van der Waals surface area contributed by atoms with E-state index < -0.39 is 17.5 Å². The number of rotatable bonds is 2. The average molecular weight is 376 g/mol. The molecule has 0 saturated heterocycles. The van der Waals surface area contributed by atoms with Crippen molar-refractivity contribution in [2.24, 2.45) is 0 Å². The smallest absolute Gasteiger partial charge is 0.150 e. The summed E-state index contributed by atoms with van der Waals surface area (Å²) in [6.07, 6.45) is 0. The molecular weight excluding hydrogens is 369 g/mol. The van der Waals surface area contributed by atoms with Crippen LogP contribution in [0.3, 0.4) is 0 Å². The fourth-order valence-electron chi connectivity index (χ4n) is 2.14. The molecule has 2 nitrogen and oxygen atoms in total. The summed E-state index contributed by atoms with van der Waals surface area (Å²) >= 11 is 8.90. The number of benzene rings is 2. The number of alkyl halides is 1. The van der Waals surface area contributed by atoms with Gasteiger partial charge in [-0.2, -0.15) is 0 Å². The Morgan fingerprint density at radius 2 is 1.86 bits per heavy atom. The predicted molar refractivity (Wildman–Crippen MR) is 78.2 cm³/mol. The maximum atomic E-state index is 14.0. The van der Waals surface area contributed by atoms with Crippen LogP contribution in [0, 0.1) is 17.5 Å². The van der Waals surface area contributed by atoms with Crippen molar-refractivity contribution in [3.63, 3.8) is 0 Å². The van der Waals surface area contributed by atoms with Gasteiger partial charge >= 0.3 is 0 Å². The highest BCUT2D eigenvalue weighted by Gasteiger charge is 2.17. The van der Waals surface area contributed by atoms with Gasteiger partial charge in [0, 0.05) is 12.1 Å². The normalized spacial score (nSPS) is 11.3. The lowest BCUT2D eigenvalue weighted by Crippen LogP contribution is -2.02. The molecule has 0 saturated carbocycles. The number of imidazole rings is 1. The van der Waals surface area contributed by atoms with Crippen LogP contribution in [0.4, 0.5) is 13.2 Å². The third-order valence-electron chi connectivity index (χ3n) is 3.04. The van der Waals surface area contributed by atoms with E-state index in [0.717, 1.165) is 12.1 Å². The van der Waals surface area contributed by atoms with Gasteiger partial charge in [0.15, 0.2) is 0 Å². The van der Waals surface area contributed by atoms with Crippen LogP contribution in [0.2, 0.25) is 0 Å². The maximum absolute atomic E-state index is 14.0. The summed E-state index contributed by atoms with van der Waals surface area (Å²) in [6, 6.07) is 5.86. The van der Waals surface area contributed by atoms with E-state index in [-0.39, 0.29) is 16.0 Å². The van der Waals surface area contributed by atoms with Crippen molar-refractivity contribution in [3.8, 4) is 5.69 Å². The molecule has 2 aromatic carbocycles. The zero-order chi connectivity index (χ0) is 15.1. The second kappa shape index (κ2) is 5.35. The molecule has 0 unspecified atom stereocenters. The topological polar surface area (TPSA) is 17.8 Å². The van der Waals surface area contributed by atoms with Gasteiger partial charge in [-0.1, -0.05) is 0 Å². The molecule has 0 aliphatic rings. The van der Waals surface area contributed by atoms with Crippen molar-refractivity contribution in [2.75, 3.05) is 0 Å². The van der Waals surface area contributed by atoms with Crippen molar-refractivity contribution in [3.05, 3.63) is 58.1 Å². The molecule has 0 atom stereocenters. The average Bonchev–Trinajstić information content (AvgIpc) is 2.77. The molecule has 21 heavy (non-hydrogen) atoms. The molecular formula is C14H7BrClF3N2. The highest BCUT2D eigenvalue weighted by atomic mass is 79.9. The Bertz CT molecular complexity index is 848. The molecule has 1 heterocycles. The molecule has 0 aliphatic heterocycles. The second-order valence-corrected chi connectivity index (χ2v) is 5.47. The van der Waals surface area contributed by atoms with Gasteiger partial charge in [0.1, 0.15) is 23.3 Å². The Morgan fingerprint density at radius 3 is 2.52 bits per heavy atom. The van der Waals surface area contributed by atoms with Gasteiger partial charge in [-0.15, -0.1) is 11.6 Å². The molecule has 0 bridgehead atoms. The lowest BCUT2D eigenvalue weighted by atomic mass is 10.2. The molecule has 7 heteroatoms. The van der Waals surface area contributed by atoms with Crippen LogP contribution in [0.25, 0.3) is 16.7 Å². The Kier molecular flexibility index (Phi) is 3.67. The largest absolute Gasteiger partial charge is 0.292 e. The summed E-state index contributed by atoms with van der Waals surface area (Å²) in [6.45, 7) is 0. The number of halogens is 5. The third-order valence-corrected chi connectivity index (χ3v) is 3.88. The molecule has 1 aromatic heterocycles. The first-order valence-electron chi connectivity index (χ1n) is 5.89. The number of nitrogens with zero attached hydrogens (tertiary/aromatic N) is 2. The van der Waals surface area contributed by atoms with Crippen LogP contribution in [-0.4, -0.2) is 9.55 Å². The SMILES string of the molecule is Fc1ccc(-n2c(CCl)nc3cc(Br)c(F)cc32)c(F)c1. The molecule has 0 aliphatic carbocycles. The quantitative estimate of drug-likeness (QED) is 0.580. The van der Waals surface area contributed by atoms with Crippen LogP contribution < -0.4 is 0 Å². The minimum atomic E-state index is -0.774. The van der Waals surface area contributed by atoms with Crippen molar-refractivity contribution in [1.29, 1.82) is 0 Å². The van der Waals surface area contributed by atoms with E-state index in [1.807, 2.05) is 0 Å². The first-order chi connectivity index (χ1) is 10.0. The zero-order valence-corrected chi connectivity index (χ0v) is 12.7. The Hall–Kier alpha value is -1.53. The van der Waals surface area contributed by atoms with E-state index >= 15 is 0 Å². The number of hydrogen-bond acceptors (Lipinski definition) is 1. The Morgan fingerprint density at radius 1 is 1.10 bits per heavy atom. The Labute approximate surface area is 131 Å². The van der Waals surface area contributed by atoms with Crippen molar-refractivity contribution in [2.45, 2.75) is 5.88 Å². The number of hydrogen-bond donors (Lipinski definition) is 0. The van der Waals surface area contributed by atoms with Gasteiger partial charge < -0.3 is 0 Å². The molecule has 0 N–H and O–H groups in total. The first-order valence-corrected chi connectivity index (χ1v) is 7.22. The molecule has 0 radical (unpaired) electrons. The van der Waals surface area contributed by atoms with E-state index in [4.69, 9.17) is 11.6 Å². The molecule has 3 aromatic rings. The third kappa shape index (κ3) is 2.42. The second-order valence-electron chi connectivity index (χ2n) is 4.35. The standard InChI is InChI=1S/C14H7BrClF3N2/c15-8-4-11-13(5-9(8)18)21(14(6-16)20-11)12-2-1-7(17)3-10(12)19/h1-5H,6H2. The van der Waals surface area contributed by atoms with E-state index in [2.05, 4.69) is 20.9 Å². The van der Waals surface area contributed by atoms with Gasteiger partial charge in [0.2, 0.25) is 0 Å². The van der Waals surface area contributed by atoms with Crippen LogP contribution in [0.1, 0.15) is 5.82 Å². The summed E-state index contributed by atoms with van der Waals surface area (Å²) in [5, 5.41) is 0. The fraction of sp³-hybridized carbons (Fsp3) is 0.0714. The lowest BCUT2D eigenvalue weighted by Gasteiger charge is -2.09. The molecule has 108 valence electrons. The molecule has 0 fully saturated rings. The molecule has 0 amide bonds. The maximum Gasteiger partial charge on any atom is 0.150 e. The van der Waals surface area contributed by atoms with Gasteiger partial charge in [0.05, 0.1) is 27.1 Å². The van der Waals surface area contributed by atoms with Crippen molar-refractivity contribution < 1.29 is 13.2 Å². The minimum Gasteiger partial charge on any atom is -0.292 e. The number of fused-ring (bicyclic) bond motifs is 1. The Balaban J connectivity index is 2.37. The van der Waals surface area contributed by atoms with Crippen LogP contribution in [0.15, 0.2) is 34.8 Å². The monoisotopic (exact) mass is 374 g/mol. The van der Waals surface area contributed by atoms with Crippen molar-refractivity contribution >= 4 is 38.6 Å². The summed E-state index contributed by atoms with van der Waals surface area (Å²) in [5.41, 5.74) is 0.885. The van der Waals surface area contributed by atoms with Gasteiger partial charge in [-0.25, -0.2) is 18.2 Å². The van der Waals surface area contributed by atoms with Crippen molar-refractivity contribution in [1.82, 2.24) is 9.55 Å². The summed E-state index contributed by atoms with van der Waals surface area (Å²) < 4.78 is 42.4. The first kappa shape index (κ1) is 14.4. The van der Waals surface area contributed by atoms with Gasteiger partial charge in [-0.05, 0) is 34.1 Å². The van der Waals surface area contributed by atoms with Crippen LogP contribution in [0.5, 0.6) is 0 Å². The predicted octanol–water partition coefficient (Wildman–Crippen LogP) is 4.94. The zero-order valence-electron chi connectivity index (χ0n) is 10.4. The van der Waals surface area contributed by atoms with Gasteiger partial charge in [-0.3, -0.25) is 4.57 Å². The van der Waals surface area contributed by atoms with E-state index in [0.29, 0.717) is 16.9 Å². The lowest BCUT2D eigenvalue weighted by molar-refractivity contribution is 0.577. The summed E-state index contributed by atoms with van der Waals surface area (Å²) in [4.78, 5) is 4.25. The highest BCUT2D eigenvalue weighted by Crippen LogP contribution is 2.28. The van der Waals surface area contributed by atoms with E-state index in [1.54, 1.807) is 0 Å². The minimum absolute atomic E-state index is 0.00470. The fourth-order valence-corrected chi connectivity index (χ4v) is 2.65. The van der Waals surface area contributed by atoms with Crippen LogP contribution >= 0.6 is 27.5 Å².